The maximum Gasteiger partial charge on any atom is 0.274 e. The smallest absolute Gasteiger partial charge is 0.274 e. The third-order valence-electron chi connectivity index (χ3n) is 4.38. The first-order chi connectivity index (χ1) is 12.4. The number of aromatic nitrogens is 1. The highest BCUT2D eigenvalue weighted by Crippen LogP contribution is 2.24. The van der Waals surface area contributed by atoms with E-state index >= 15 is 0 Å². The van der Waals surface area contributed by atoms with Crippen LogP contribution >= 0.6 is 11.6 Å². The van der Waals surface area contributed by atoms with E-state index in [0.717, 1.165) is 5.69 Å². The molecule has 0 radical (unpaired) electrons. The zero-order valence-corrected chi connectivity index (χ0v) is 15.9. The molecule has 1 amide bonds. The summed E-state index contributed by atoms with van der Waals surface area (Å²) in [6.45, 7) is 2.65. The van der Waals surface area contributed by atoms with E-state index in [-0.39, 0.29) is 29.1 Å². The van der Waals surface area contributed by atoms with Crippen LogP contribution in [-0.4, -0.2) is 43.4 Å². The lowest BCUT2D eigenvalue weighted by Gasteiger charge is -2.28. The molecule has 0 aliphatic carbocycles. The zero-order valence-electron chi connectivity index (χ0n) is 14.4. The fourth-order valence-corrected chi connectivity index (χ4v) is 5.05. The Kier molecular flexibility index (Phi) is 5.48. The highest BCUT2D eigenvalue weighted by Gasteiger charge is 2.32. The van der Waals surface area contributed by atoms with Gasteiger partial charge >= 0.3 is 0 Å². The SMILES string of the molecule is CCN(c1ccc(C(=O)Nc2cccc(Cl)c2)nc1)C1CCS(=O)(=O)C1. The van der Waals surface area contributed by atoms with Crippen LogP contribution in [0.4, 0.5) is 11.4 Å². The summed E-state index contributed by atoms with van der Waals surface area (Å²) < 4.78 is 23.5. The monoisotopic (exact) mass is 393 g/mol. The Morgan fingerprint density at radius 2 is 2.15 bits per heavy atom. The van der Waals surface area contributed by atoms with Crippen molar-refractivity contribution in [3.8, 4) is 0 Å². The lowest BCUT2D eigenvalue weighted by atomic mass is 10.2. The second-order valence-corrected chi connectivity index (χ2v) is 8.87. The zero-order chi connectivity index (χ0) is 18.7. The molecule has 1 fully saturated rings. The normalized spacial score (nSPS) is 18.5. The molecule has 3 rings (SSSR count). The van der Waals surface area contributed by atoms with Gasteiger partial charge in [0.25, 0.3) is 5.91 Å². The third-order valence-corrected chi connectivity index (χ3v) is 6.37. The van der Waals surface area contributed by atoms with Gasteiger partial charge in [-0.15, -0.1) is 0 Å². The highest BCUT2D eigenvalue weighted by molar-refractivity contribution is 7.91. The molecule has 1 aromatic heterocycles. The molecule has 2 aromatic rings. The first-order valence-electron chi connectivity index (χ1n) is 8.38. The van der Waals surface area contributed by atoms with Crippen molar-refractivity contribution in [1.29, 1.82) is 0 Å². The van der Waals surface area contributed by atoms with Gasteiger partial charge in [-0.05, 0) is 43.7 Å². The molecule has 0 saturated carbocycles. The number of halogens is 1. The number of pyridine rings is 1. The molecule has 2 heterocycles. The minimum Gasteiger partial charge on any atom is -0.367 e. The molecule has 26 heavy (non-hydrogen) atoms. The molecule has 1 unspecified atom stereocenters. The van der Waals surface area contributed by atoms with Gasteiger partial charge in [0.05, 0.1) is 23.4 Å². The summed E-state index contributed by atoms with van der Waals surface area (Å²) in [6, 6.07) is 10.3. The van der Waals surface area contributed by atoms with E-state index in [1.807, 2.05) is 11.8 Å². The molecule has 6 nitrogen and oxygen atoms in total. The molecule has 0 bridgehead atoms. The number of carbonyl (C=O) groups excluding carboxylic acids is 1. The van der Waals surface area contributed by atoms with Crippen LogP contribution in [0.3, 0.4) is 0 Å². The predicted octanol–water partition coefficient (Wildman–Crippen LogP) is 3.00. The van der Waals surface area contributed by atoms with Crippen LogP contribution in [-0.2, 0) is 9.84 Å². The van der Waals surface area contributed by atoms with Crippen LogP contribution in [0, 0.1) is 0 Å². The Balaban J connectivity index is 1.72. The molecule has 0 spiro atoms. The van der Waals surface area contributed by atoms with Crippen LogP contribution in [0.15, 0.2) is 42.6 Å². The van der Waals surface area contributed by atoms with Gasteiger partial charge in [-0.25, -0.2) is 13.4 Å². The third kappa shape index (κ3) is 4.34. The number of sulfone groups is 1. The first kappa shape index (κ1) is 18.7. The number of rotatable bonds is 5. The summed E-state index contributed by atoms with van der Waals surface area (Å²) in [4.78, 5) is 18.6. The number of carbonyl (C=O) groups is 1. The molecule has 1 N–H and O–H groups in total. The predicted molar refractivity (Wildman–Crippen MR) is 104 cm³/mol. The number of benzene rings is 1. The van der Waals surface area contributed by atoms with E-state index in [4.69, 9.17) is 11.6 Å². The summed E-state index contributed by atoms with van der Waals surface area (Å²) in [6.07, 6.45) is 2.23. The molecule has 1 aliphatic heterocycles. The van der Waals surface area contributed by atoms with Gasteiger partial charge in [0.2, 0.25) is 0 Å². The standard InChI is InChI=1S/C18H20ClN3O3S/c1-2-22(16-8-9-26(24,25)12-16)15-6-7-17(20-11-15)18(23)21-14-5-3-4-13(19)10-14/h3-7,10-11,16H,2,8-9,12H2,1H3,(H,21,23). The minimum absolute atomic E-state index is 0.0436. The molecule has 8 heteroatoms. The van der Waals surface area contributed by atoms with Gasteiger partial charge in [0, 0.05) is 23.3 Å². The van der Waals surface area contributed by atoms with E-state index in [0.29, 0.717) is 23.7 Å². The summed E-state index contributed by atoms with van der Waals surface area (Å²) in [5.74, 6) is 0.0600. The molecular formula is C18H20ClN3O3S. The van der Waals surface area contributed by atoms with Crippen molar-refractivity contribution >= 4 is 38.7 Å². The van der Waals surface area contributed by atoms with Crippen molar-refractivity contribution in [1.82, 2.24) is 4.98 Å². The molecule has 1 aromatic carbocycles. The maximum absolute atomic E-state index is 12.3. The summed E-state index contributed by atoms with van der Waals surface area (Å²) in [7, 11) is -2.96. The fourth-order valence-electron chi connectivity index (χ4n) is 3.12. The fraction of sp³-hybridized carbons (Fsp3) is 0.333. The second kappa shape index (κ2) is 7.63. The van der Waals surface area contributed by atoms with E-state index in [1.54, 1.807) is 42.6 Å². The molecule has 138 valence electrons. The molecular weight excluding hydrogens is 374 g/mol. The lowest BCUT2D eigenvalue weighted by Crippen LogP contribution is -2.36. The Bertz CT molecular complexity index is 900. The average Bonchev–Trinajstić information content (AvgIpc) is 2.96. The Labute approximate surface area is 158 Å². The largest absolute Gasteiger partial charge is 0.367 e. The van der Waals surface area contributed by atoms with E-state index in [2.05, 4.69) is 10.3 Å². The molecule has 1 aliphatic rings. The number of nitrogens with zero attached hydrogens (tertiary/aromatic N) is 2. The highest BCUT2D eigenvalue weighted by atomic mass is 35.5. The second-order valence-electron chi connectivity index (χ2n) is 6.21. The van der Waals surface area contributed by atoms with Gasteiger partial charge < -0.3 is 10.2 Å². The van der Waals surface area contributed by atoms with Gasteiger partial charge in [0.15, 0.2) is 9.84 Å². The van der Waals surface area contributed by atoms with Crippen molar-refractivity contribution in [2.75, 3.05) is 28.3 Å². The van der Waals surface area contributed by atoms with Crippen molar-refractivity contribution in [3.05, 3.63) is 53.3 Å². The molecule has 1 atom stereocenters. The number of hydrogen-bond donors (Lipinski definition) is 1. The van der Waals surface area contributed by atoms with Crippen LogP contribution in [0.2, 0.25) is 5.02 Å². The van der Waals surface area contributed by atoms with Crippen molar-refractivity contribution in [2.24, 2.45) is 0 Å². The minimum atomic E-state index is -2.96. The van der Waals surface area contributed by atoms with Crippen molar-refractivity contribution in [3.63, 3.8) is 0 Å². The van der Waals surface area contributed by atoms with Gasteiger partial charge in [-0.3, -0.25) is 4.79 Å². The van der Waals surface area contributed by atoms with Crippen LogP contribution < -0.4 is 10.2 Å². The van der Waals surface area contributed by atoms with Gasteiger partial charge in [0.1, 0.15) is 5.69 Å². The number of amides is 1. The van der Waals surface area contributed by atoms with E-state index in [9.17, 15) is 13.2 Å². The average molecular weight is 394 g/mol. The van der Waals surface area contributed by atoms with E-state index in [1.165, 1.54) is 0 Å². The summed E-state index contributed by atoms with van der Waals surface area (Å²) in [5, 5.41) is 3.29. The Morgan fingerprint density at radius 3 is 2.73 bits per heavy atom. The number of nitrogens with one attached hydrogen (secondary N) is 1. The number of anilines is 2. The summed E-state index contributed by atoms with van der Waals surface area (Å²) >= 11 is 5.91. The topological polar surface area (TPSA) is 79.4 Å². The van der Waals surface area contributed by atoms with Crippen molar-refractivity contribution < 1.29 is 13.2 Å². The van der Waals surface area contributed by atoms with Crippen LogP contribution in [0.5, 0.6) is 0 Å². The Morgan fingerprint density at radius 1 is 1.35 bits per heavy atom. The maximum atomic E-state index is 12.3. The Hall–Kier alpha value is -2.12. The number of hydrogen-bond acceptors (Lipinski definition) is 5. The van der Waals surface area contributed by atoms with E-state index < -0.39 is 9.84 Å². The van der Waals surface area contributed by atoms with Crippen LogP contribution in [0.25, 0.3) is 0 Å². The molecule has 1 saturated heterocycles. The summed E-state index contributed by atoms with van der Waals surface area (Å²) in [5.41, 5.74) is 1.69. The lowest BCUT2D eigenvalue weighted by molar-refractivity contribution is 0.102. The van der Waals surface area contributed by atoms with Crippen LogP contribution in [0.1, 0.15) is 23.8 Å². The van der Waals surface area contributed by atoms with Gasteiger partial charge in [-0.2, -0.15) is 0 Å². The first-order valence-corrected chi connectivity index (χ1v) is 10.6. The van der Waals surface area contributed by atoms with Gasteiger partial charge in [-0.1, -0.05) is 17.7 Å². The van der Waals surface area contributed by atoms with Crippen molar-refractivity contribution in [2.45, 2.75) is 19.4 Å². The quantitative estimate of drug-likeness (QED) is 0.844.